The smallest absolute Gasteiger partial charge is 0.326 e. The summed E-state index contributed by atoms with van der Waals surface area (Å²) >= 11 is 0. The Morgan fingerprint density at radius 3 is 2.52 bits per heavy atom. The number of hydrogen-bond donors (Lipinski definition) is 4. The third-order valence-corrected chi connectivity index (χ3v) is 8.12. The van der Waals surface area contributed by atoms with Gasteiger partial charge >= 0.3 is 5.97 Å². The highest BCUT2D eigenvalue weighted by molar-refractivity contribution is 7.84. The van der Waals surface area contributed by atoms with Crippen LogP contribution in [0.3, 0.4) is 0 Å². The third-order valence-electron chi connectivity index (χ3n) is 7.31. The molecule has 4 N–H and O–H groups in total. The number of nitrogens with one attached hydrogen (secondary N) is 3. The molecular formula is C29H40N4O6S. The van der Waals surface area contributed by atoms with Gasteiger partial charge in [-0.3, -0.25) is 23.5 Å². The van der Waals surface area contributed by atoms with E-state index in [0.717, 1.165) is 22.8 Å². The van der Waals surface area contributed by atoms with E-state index in [0.29, 0.717) is 19.4 Å². The van der Waals surface area contributed by atoms with Gasteiger partial charge in [0.05, 0.1) is 12.7 Å². The van der Waals surface area contributed by atoms with E-state index in [2.05, 4.69) is 29.8 Å². The van der Waals surface area contributed by atoms with Gasteiger partial charge < -0.3 is 21.1 Å². The van der Waals surface area contributed by atoms with Crippen LogP contribution in [0.4, 0.5) is 0 Å². The normalized spacial score (nSPS) is 18.1. The second kappa shape index (κ2) is 14.9. The van der Waals surface area contributed by atoms with E-state index in [1.54, 1.807) is 0 Å². The van der Waals surface area contributed by atoms with Crippen LogP contribution in [0.1, 0.15) is 51.5 Å². The maximum Gasteiger partial charge on any atom is 0.326 e. The minimum Gasteiger partial charge on any atom is -0.480 e. The molecule has 40 heavy (non-hydrogen) atoms. The fraction of sp³-hybridized carbons (Fsp3) is 0.517. The standard InChI is InChI=1S/C29H40N4O6S/c1-4-19(2)16-25(32-28(36)23-12-13-26(34)30-23)33(17-21-10-7-9-20-8-5-6-11-22(20)21)18-27(35)31-24(29(37)38)14-15-40(3)39/h5-11,19,23-25H,4,12-18H2,1-3H3,(H,30,34)(H,31,35)(H,32,36)(H,37,38)/t19-,23-,24-,25?,40?/m0/s1. The van der Waals surface area contributed by atoms with Crippen LogP contribution in [-0.4, -0.2) is 74.7 Å². The van der Waals surface area contributed by atoms with Crippen molar-refractivity contribution in [1.29, 1.82) is 0 Å². The Morgan fingerprint density at radius 1 is 1.15 bits per heavy atom. The molecule has 5 atom stereocenters. The van der Waals surface area contributed by atoms with Crippen molar-refractivity contribution >= 4 is 45.3 Å². The molecule has 0 spiro atoms. The second-order valence-corrected chi connectivity index (χ2v) is 12.1. The molecule has 3 rings (SSSR count). The van der Waals surface area contributed by atoms with E-state index in [9.17, 15) is 28.5 Å². The summed E-state index contributed by atoms with van der Waals surface area (Å²) in [6, 6.07) is 12.0. The van der Waals surface area contributed by atoms with Crippen molar-refractivity contribution in [1.82, 2.24) is 20.9 Å². The minimum atomic E-state index is -1.20. The zero-order valence-corrected chi connectivity index (χ0v) is 24.2. The number of aliphatic carboxylic acids is 1. The molecule has 1 aliphatic rings. The van der Waals surface area contributed by atoms with Crippen molar-refractivity contribution in [2.45, 2.75) is 70.7 Å². The van der Waals surface area contributed by atoms with Gasteiger partial charge in [-0.05, 0) is 41.5 Å². The van der Waals surface area contributed by atoms with Crippen LogP contribution in [0, 0.1) is 5.92 Å². The van der Waals surface area contributed by atoms with Crippen LogP contribution in [0.2, 0.25) is 0 Å². The first-order chi connectivity index (χ1) is 19.1. The van der Waals surface area contributed by atoms with E-state index < -0.39 is 40.9 Å². The summed E-state index contributed by atoms with van der Waals surface area (Å²) < 4.78 is 11.5. The number of nitrogens with zero attached hydrogens (tertiary/aromatic N) is 1. The summed E-state index contributed by atoms with van der Waals surface area (Å²) in [5, 5.41) is 20.0. The maximum absolute atomic E-state index is 13.2. The summed E-state index contributed by atoms with van der Waals surface area (Å²) in [5.41, 5.74) is 0.958. The Kier molecular flexibility index (Phi) is 11.6. The van der Waals surface area contributed by atoms with Gasteiger partial charge in [-0.15, -0.1) is 0 Å². The van der Waals surface area contributed by atoms with Gasteiger partial charge in [0.25, 0.3) is 0 Å². The lowest BCUT2D eigenvalue weighted by Crippen LogP contribution is -2.56. The highest BCUT2D eigenvalue weighted by Gasteiger charge is 2.32. The van der Waals surface area contributed by atoms with Crippen LogP contribution in [0.25, 0.3) is 10.8 Å². The van der Waals surface area contributed by atoms with Gasteiger partial charge in [0.2, 0.25) is 17.7 Å². The van der Waals surface area contributed by atoms with Crippen molar-refractivity contribution in [3.05, 3.63) is 48.0 Å². The molecule has 1 aliphatic heterocycles. The summed E-state index contributed by atoms with van der Waals surface area (Å²) in [4.78, 5) is 51.8. The fourth-order valence-corrected chi connectivity index (χ4v) is 5.38. The molecule has 1 fully saturated rings. The Hall–Kier alpha value is -3.31. The van der Waals surface area contributed by atoms with Crippen molar-refractivity contribution in [3.8, 4) is 0 Å². The lowest BCUT2D eigenvalue weighted by molar-refractivity contribution is -0.142. The second-order valence-electron chi connectivity index (χ2n) is 10.5. The number of benzene rings is 2. The Labute approximate surface area is 237 Å². The molecular weight excluding hydrogens is 532 g/mol. The zero-order chi connectivity index (χ0) is 29.2. The van der Waals surface area contributed by atoms with E-state index in [1.807, 2.05) is 47.4 Å². The van der Waals surface area contributed by atoms with Crippen LogP contribution in [-0.2, 0) is 36.5 Å². The lowest BCUT2D eigenvalue weighted by Gasteiger charge is -2.34. The molecule has 0 radical (unpaired) electrons. The van der Waals surface area contributed by atoms with Crippen LogP contribution in [0.5, 0.6) is 0 Å². The van der Waals surface area contributed by atoms with Crippen molar-refractivity contribution in [2.75, 3.05) is 18.6 Å². The summed E-state index contributed by atoms with van der Waals surface area (Å²) in [7, 11) is -1.20. The first kappa shape index (κ1) is 31.2. The summed E-state index contributed by atoms with van der Waals surface area (Å²) in [5.74, 6) is -1.81. The molecule has 2 aromatic rings. The number of carboxylic acids is 1. The molecule has 1 heterocycles. The van der Waals surface area contributed by atoms with Gasteiger partial charge in [0, 0.05) is 35.8 Å². The monoisotopic (exact) mass is 572 g/mol. The van der Waals surface area contributed by atoms with Gasteiger partial charge in [-0.25, -0.2) is 4.79 Å². The van der Waals surface area contributed by atoms with Gasteiger partial charge in [0.1, 0.15) is 12.1 Å². The first-order valence-electron chi connectivity index (χ1n) is 13.7. The molecule has 3 amide bonds. The molecule has 0 aromatic heterocycles. The average molecular weight is 573 g/mol. The van der Waals surface area contributed by atoms with Crippen molar-refractivity contribution in [3.63, 3.8) is 0 Å². The molecule has 0 bridgehead atoms. The predicted octanol–water partition coefficient (Wildman–Crippen LogP) is 2.14. The summed E-state index contributed by atoms with van der Waals surface area (Å²) in [6.45, 7) is 4.28. The third kappa shape index (κ3) is 9.12. The van der Waals surface area contributed by atoms with Crippen LogP contribution < -0.4 is 16.0 Å². The maximum atomic E-state index is 13.2. The van der Waals surface area contributed by atoms with Crippen LogP contribution in [0.15, 0.2) is 42.5 Å². The van der Waals surface area contributed by atoms with Gasteiger partial charge in [-0.2, -0.15) is 0 Å². The molecule has 11 heteroatoms. The fourth-order valence-electron chi connectivity index (χ4n) is 4.81. The molecule has 2 unspecified atom stereocenters. The SMILES string of the molecule is CC[C@H](C)CC(NC(=O)[C@@H]1CCC(=O)N1)N(CC(=O)N[C@@H](CCS(C)=O)C(=O)O)Cc1cccc2ccccc12. The minimum absolute atomic E-state index is 0.0436. The highest BCUT2D eigenvalue weighted by atomic mass is 32.2. The quantitative estimate of drug-likeness (QED) is 0.239. The zero-order valence-electron chi connectivity index (χ0n) is 23.4. The number of amides is 3. The van der Waals surface area contributed by atoms with Gasteiger partial charge in [0.15, 0.2) is 0 Å². The molecule has 2 aromatic carbocycles. The highest BCUT2D eigenvalue weighted by Crippen LogP contribution is 2.23. The average Bonchev–Trinajstić information content (AvgIpc) is 3.36. The van der Waals surface area contributed by atoms with Crippen molar-refractivity contribution in [2.24, 2.45) is 5.92 Å². The topological polar surface area (TPSA) is 145 Å². The Bertz CT molecular complexity index is 1230. The molecule has 218 valence electrons. The lowest BCUT2D eigenvalue weighted by atomic mass is 10.00. The number of carbonyl (C=O) groups is 4. The number of hydrogen-bond acceptors (Lipinski definition) is 6. The Morgan fingerprint density at radius 2 is 1.88 bits per heavy atom. The van der Waals surface area contributed by atoms with Crippen molar-refractivity contribution < 1.29 is 28.5 Å². The molecule has 0 saturated carbocycles. The number of rotatable bonds is 15. The van der Waals surface area contributed by atoms with Gasteiger partial charge in [-0.1, -0.05) is 62.7 Å². The summed E-state index contributed by atoms with van der Waals surface area (Å²) in [6.07, 6.45) is 3.09. The molecule has 10 nitrogen and oxygen atoms in total. The number of carbonyl (C=O) groups excluding carboxylic acids is 3. The van der Waals surface area contributed by atoms with E-state index in [4.69, 9.17) is 0 Å². The van der Waals surface area contributed by atoms with E-state index in [-0.39, 0.29) is 42.9 Å². The number of fused-ring (bicyclic) bond motifs is 1. The Balaban J connectivity index is 1.90. The molecule has 0 aliphatic carbocycles. The first-order valence-corrected chi connectivity index (χ1v) is 15.4. The number of carboxylic acid groups (broad SMARTS) is 1. The van der Waals surface area contributed by atoms with E-state index in [1.165, 1.54) is 6.26 Å². The van der Waals surface area contributed by atoms with Crippen LogP contribution >= 0.6 is 0 Å². The largest absolute Gasteiger partial charge is 0.480 e. The van der Waals surface area contributed by atoms with E-state index >= 15 is 0 Å². The predicted molar refractivity (Wildman–Crippen MR) is 155 cm³/mol. The molecule has 1 saturated heterocycles.